The van der Waals surface area contributed by atoms with E-state index in [1.807, 2.05) is 6.92 Å². The van der Waals surface area contributed by atoms with Gasteiger partial charge in [0.2, 0.25) is 11.8 Å². The summed E-state index contributed by atoms with van der Waals surface area (Å²) in [5, 5.41) is 0. The second-order valence-corrected chi connectivity index (χ2v) is 2.94. The molecule has 5 heteroatoms. The molecule has 0 unspecified atom stereocenters. The molecule has 0 aliphatic heterocycles. The highest BCUT2D eigenvalue weighted by Gasteiger charge is 2.08. The Labute approximate surface area is 93.9 Å². The summed E-state index contributed by atoms with van der Waals surface area (Å²) in [6.45, 7) is 2.43. The lowest BCUT2D eigenvalue weighted by Crippen LogP contribution is -2.13. The van der Waals surface area contributed by atoms with E-state index < -0.39 is 5.91 Å². The summed E-state index contributed by atoms with van der Waals surface area (Å²) in [4.78, 5) is 15.2. The lowest BCUT2D eigenvalue weighted by Gasteiger charge is -2.04. The maximum atomic E-state index is 11.2. The summed E-state index contributed by atoms with van der Waals surface area (Å²) in [5.41, 5.74) is 6.19. The molecule has 2 N–H and O–H groups in total. The highest BCUT2D eigenvalue weighted by molar-refractivity contribution is 5.96. The highest BCUT2D eigenvalue weighted by atomic mass is 16.5. The van der Waals surface area contributed by atoms with E-state index in [2.05, 4.69) is 4.98 Å². The highest BCUT2D eigenvalue weighted by Crippen LogP contribution is 2.15. The third-order valence-electron chi connectivity index (χ3n) is 1.89. The first-order chi connectivity index (χ1) is 7.69. The summed E-state index contributed by atoms with van der Waals surface area (Å²) in [6.07, 6.45) is 4.64. The van der Waals surface area contributed by atoms with Gasteiger partial charge in [-0.1, -0.05) is 0 Å². The Kier molecular flexibility index (Phi) is 4.32. The third kappa shape index (κ3) is 2.98. The van der Waals surface area contributed by atoms with Gasteiger partial charge in [-0.05, 0) is 13.0 Å². The molecule has 0 fully saturated rings. The zero-order valence-corrected chi connectivity index (χ0v) is 9.27. The molecule has 5 nitrogen and oxygen atoms in total. The first-order valence-electron chi connectivity index (χ1n) is 4.81. The molecular formula is C11H14N2O3. The fraction of sp³-hybridized carbons (Fsp3) is 0.273. The molecule has 1 heterocycles. The normalized spacial score (nSPS) is 10.4. The van der Waals surface area contributed by atoms with Gasteiger partial charge in [-0.15, -0.1) is 0 Å². The Hall–Kier alpha value is -2.04. The summed E-state index contributed by atoms with van der Waals surface area (Å²) >= 11 is 0. The number of carbonyl (C=O) groups is 1. The quantitative estimate of drug-likeness (QED) is 0.759. The standard InChI is InChI=1S/C11H14N2O3/c1-3-16-5-4-8-7-13-10(15-2)6-9(8)11(12)14/h4-7H,3H2,1-2H3,(H2,12,14)/b5-4+. The van der Waals surface area contributed by atoms with E-state index >= 15 is 0 Å². The second kappa shape index (κ2) is 5.75. The summed E-state index contributed by atoms with van der Waals surface area (Å²) in [7, 11) is 1.48. The largest absolute Gasteiger partial charge is 0.501 e. The number of ether oxygens (including phenoxy) is 2. The van der Waals surface area contributed by atoms with E-state index in [0.29, 0.717) is 23.6 Å². The van der Waals surface area contributed by atoms with Gasteiger partial charge in [-0.25, -0.2) is 4.98 Å². The van der Waals surface area contributed by atoms with Crippen molar-refractivity contribution in [3.8, 4) is 5.88 Å². The number of methoxy groups -OCH3 is 1. The average molecular weight is 222 g/mol. The fourth-order valence-electron chi connectivity index (χ4n) is 1.12. The van der Waals surface area contributed by atoms with Crippen molar-refractivity contribution in [1.82, 2.24) is 4.98 Å². The Balaban J connectivity index is 3.03. The van der Waals surface area contributed by atoms with Crippen molar-refractivity contribution in [2.75, 3.05) is 13.7 Å². The Morgan fingerprint density at radius 1 is 1.62 bits per heavy atom. The summed E-state index contributed by atoms with van der Waals surface area (Å²) in [5.74, 6) is -0.181. The van der Waals surface area contributed by atoms with E-state index in [1.54, 1.807) is 6.08 Å². The van der Waals surface area contributed by atoms with Crippen LogP contribution in [0.1, 0.15) is 22.8 Å². The van der Waals surface area contributed by atoms with Gasteiger partial charge in [-0.3, -0.25) is 4.79 Å². The van der Waals surface area contributed by atoms with Crippen LogP contribution in [-0.4, -0.2) is 24.6 Å². The van der Waals surface area contributed by atoms with Crippen LogP contribution in [0.25, 0.3) is 6.08 Å². The Morgan fingerprint density at radius 2 is 2.38 bits per heavy atom. The molecule has 16 heavy (non-hydrogen) atoms. The number of carbonyl (C=O) groups excluding carboxylic acids is 1. The molecule has 0 saturated carbocycles. The molecule has 1 aromatic heterocycles. The van der Waals surface area contributed by atoms with Crippen LogP contribution in [0.4, 0.5) is 0 Å². The molecule has 0 saturated heterocycles. The van der Waals surface area contributed by atoms with Crippen molar-refractivity contribution in [2.45, 2.75) is 6.92 Å². The van der Waals surface area contributed by atoms with E-state index in [1.165, 1.54) is 25.6 Å². The number of pyridine rings is 1. The number of amides is 1. The SMILES string of the molecule is CCO/C=C/c1cnc(OC)cc1C(N)=O. The van der Waals surface area contributed by atoms with Crippen molar-refractivity contribution in [3.63, 3.8) is 0 Å². The molecule has 0 radical (unpaired) electrons. The molecule has 0 aliphatic rings. The van der Waals surface area contributed by atoms with E-state index in [-0.39, 0.29) is 0 Å². The number of rotatable bonds is 5. The molecule has 0 atom stereocenters. The molecular weight excluding hydrogens is 208 g/mol. The minimum atomic E-state index is -0.531. The first kappa shape index (κ1) is 12.0. The second-order valence-electron chi connectivity index (χ2n) is 2.94. The number of nitrogens with two attached hydrogens (primary N) is 1. The maximum absolute atomic E-state index is 11.2. The number of primary amides is 1. The van der Waals surface area contributed by atoms with Gasteiger partial charge in [0.25, 0.3) is 0 Å². The van der Waals surface area contributed by atoms with Crippen LogP contribution in [0.5, 0.6) is 5.88 Å². The average Bonchev–Trinajstić information content (AvgIpc) is 2.29. The van der Waals surface area contributed by atoms with Gasteiger partial charge in [-0.2, -0.15) is 0 Å². The number of hydrogen-bond acceptors (Lipinski definition) is 4. The van der Waals surface area contributed by atoms with Crippen molar-refractivity contribution in [2.24, 2.45) is 5.73 Å². The van der Waals surface area contributed by atoms with Gasteiger partial charge in [0.15, 0.2) is 0 Å². The molecule has 0 aromatic carbocycles. The number of hydrogen-bond donors (Lipinski definition) is 1. The van der Waals surface area contributed by atoms with Crippen molar-refractivity contribution in [1.29, 1.82) is 0 Å². The zero-order valence-electron chi connectivity index (χ0n) is 9.27. The van der Waals surface area contributed by atoms with Crippen LogP contribution in [0.3, 0.4) is 0 Å². The molecule has 0 spiro atoms. The first-order valence-corrected chi connectivity index (χ1v) is 4.81. The molecule has 1 rings (SSSR count). The zero-order chi connectivity index (χ0) is 12.0. The van der Waals surface area contributed by atoms with E-state index in [4.69, 9.17) is 15.2 Å². The Bertz CT molecular complexity index is 402. The molecule has 0 aliphatic carbocycles. The number of aromatic nitrogens is 1. The van der Waals surface area contributed by atoms with Gasteiger partial charge in [0, 0.05) is 17.8 Å². The van der Waals surface area contributed by atoms with Crippen LogP contribution in [-0.2, 0) is 4.74 Å². The van der Waals surface area contributed by atoms with Crippen molar-refractivity contribution >= 4 is 12.0 Å². The van der Waals surface area contributed by atoms with E-state index in [0.717, 1.165) is 0 Å². The number of nitrogens with zero attached hydrogens (tertiary/aromatic N) is 1. The van der Waals surface area contributed by atoms with Crippen molar-refractivity contribution < 1.29 is 14.3 Å². The third-order valence-corrected chi connectivity index (χ3v) is 1.89. The monoisotopic (exact) mass is 222 g/mol. The molecule has 1 amide bonds. The Morgan fingerprint density at radius 3 is 2.94 bits per heavy atom. The van der Waals surface area contributed by atoms with Gasteiger partial charge < -0.3 is 15.2 Å². The minimum absolute atomic E-state index is 0.349. The van der Waals surface area contributed by atoms with Crippen LogP contribution in [0, 0.1) is 0 Å². The molecule has 0 bridgehead atoms. The topological polar surface area (TPSA) is 74.4 Å². The van der Waals surface area contributed by atoms with Crippen LogP contribution in [0.2, 0.25) is 0 Å². The minimum Gasteiger partial charge on any atom is -0.501 e. The molecule has 86 valence electrons. The van der Waals surface area contributed by atoms with Crippen LogP contribution in [0.15, 0.2) is 18.5 Å². The predicted octanol–water partition coefficient (Wildman–Crippen LogP) is 1.20. The summed E-state index contributed by atoms with van der Waals surface area (Å²) in [6, 6.07) is 1.49. The molecule has 1 aromatic rings. The van der Waals surface area contributed by atoms with Gasteiger partial charge in [0.1, 0.15) is 0 Å². The maximum Gasteiger partial charge on any atom is 0.249 e. The lowest BCUT2D eigenvalue weighted by molar-refractivity contribution is 0.0999. The van der Waals surface area contributed by atoms with Gasteiger partial charge in [0.05, 0.1) is 25.5 Å². The fourth-order valence-corrected chi connectivity index (χ4v) is 1.12. The van der Waals surface area contributed by atoms with Crippen LogP contribution < -0.4 is 10.5 Å². The lowest BCUT2D eigenvalue weighted by atomic mass is 10.1. The predicted molar refractivity (Wildman–Crippen MR) is 60.0 cm³/mol. The van der Waals surface area contributed by atoms with E-state index in [9.17, 15) is 4.79 Å². The van der Waals surface area contributed by atoms with Crippen LogP contribution >= 0.6 is 0 Å². The summed E-state index contributed by atoms with van der Waals surface area (Å²) < 4.78 is 9.95. The van der Waals surface area contributed by atoms with Crippen molar-refractivity contribution in [3.05, 3.63) is 29.7 Å². The van der Waals surface area contributed by atoms with Gasteiger partial charge >= 0.3 is 0 Å². The smallest absolute Gasteiger partial charge is 0.249 e.